The molecule has 0 radical (unpaired) electrons. The van der Waals surface area contributed by atoms with Gasteiger partial charge in [-0.2, -0.15) is 0 Å². The van der Waals surface area contributed by atoms with Crippen LogP contribution in [0.3, 0.4) is 0 Å². The normalized spacial score (nSPS) is 35.1. The lowest BCUT2D eigenvalue weighted by molar-refractivity contribution is -0.149. The second-order valence-electron chi connectivity index (χ2n) is 3.45. The van der Waals surface area contributed by atoms with Crippen LogP contribution in [0, 0.1) is 11.8 Å². The van der Waals surface area contributed by atoms with Gasteiger partial charge >= 0.3 is 5.97 Å². The third-order valence-corrected chi connectivity index (χ3v) is 2.47. The molecule has 1 heterocycles. The second kappa shape index (κ2) is 3.90. The number of esters is 1. The van der Waals surface area contributed by atoms with E-state index in [1.807, 2.05) is 13.8 Å². The lowest BCUT2D eigenvalue weighted by Gasteiger charge is -2.16. The maximum absolute atomic E-state index is 11.4. The van der Waals surface area contributed by atoms with Crippen molar-refractivity contribution in [2.24, 2.45) is 11.8 Å². The average molecular weight is 171 g/mol. The number of carbonyl (C=O) groups excluding carboxylic acids is 1. The first-order chi connectivity index (χ1) is 5.66. The third-order valence-electron chi connectivity index (χ3n) is 2.47. The van der Waals surface area contributed by atoms with Crippen molar-refractivity contribution < 1.29 is 9.53 Å². The highest BCUT2D eigenvalue weighted by atomic mass is 16.5. The van der Waals surface area contributed by atoms with Gasteiger partial charge in [0.15, 0.2) is 0 Å². The SMILES string of the molecule is CCOC(=O)[C@H]1[C@H](C)CN[C@@H]1C. The highest BCUT2D eigenvalue weighted by Gasteiger charge is 2.36. The Morgan fingerprint density at radius 2 is 2.25 bits per heavy atom. The van der Waals surface area contributed by atoms with Crippen LogP contribution in [0.1, 0.15) is 20.8 Å². The molecule has 0 amide bonds. The minimum absolute atomic E-state index is 0.0462. The van der Waals surface area contributed by atoms with Crippen LogP contribution in [0.15, 0.2) is 0 Å². The largest absolute Gasteiger partial charge is 0.466 e. The van der Waals surface area contributed by atoms with Gasteiger partial charge in [0.05, 0.1) is 12.5 Å². The van der Waals surface area contributed by atoms with Gasteiger partial charge < -0.3 is 10.1 Å². The van der Waals surface area contributed by atoms with Crippen molar-refractivity contribution in [1.29, 1.82) is 0 Å². The summed E-state index contributed by atoms with van der Waals surface area (Å²) in [7, 11) is 0. The number of carbonyl (C=O) groups is 1. The number of rotatable bonds is 2. The van der Waals surface area contributed by atoms with E-state index in [1.54, 1.807) is 0 Å². The van der Waals surface area contributed by atoms with Crippen molar-refractivity contribution in [3.8, 4) is 0 Å². The van der Waals surface area contributed by atoms with Crippen LogP contribution in [0.5, 0.6) is 0 Å². The maximum Gasteiger partial charge on any atom is 0.310 e. The minimum atomic E-state index is -0.0532. The number of hydrogen-bond acceptors (Lipinski definition) is 3. The van der Waals surface area contributed by atoms with E-state index in [0.717, 1.165) is 6.54 Å². The van der Waals surface area contributed by atoms with Crippen molar-refractivity contribution in [2.75, 3.05) is 13.2 Å². The van der Waals surface area contributed by atoms with E-state index in [2.05, 4.69) is 12.2 Å². The van der Waals surface area contributed by atoms with Crippen LogP contribution in [0.4, 0.5) is 0 Å². The minimum Gasteiger partial charge on any atom is -0.466 e. The molecule has 0 aromatic rings. The fraction of sp³-hybridized carbons (Fsp3) is 0.889. The first kappa shape index (κ1) is 9.52. The first-order valence-corrected chi connectivity index (χ1v) is 4.56. The van der Waals surface area contributed by atoms with E-state index < -0.39 is 0 Å². The van der Waals surface area contributed by atoms with Gasteiger partial charge in [0.2, 0.25) is 0 Å². The summed E-state index contributed by atoms with van der Waals surface area (Å²) in [6, 6.07) is 0.263. The van der Waals surface area contributed by atoms with Gasteiger partial charge in [-0.15, -0.1) is 0 Å². The highest BCUT2D eigenvalue weighted by molar-refractivity contribution is 5.74. The summed E-state index contributed by atoms with van der Waals surface area (Å²) in [5, 5.41) is 3.26. The molecule has 0 unspecified atom stereocenters. The molecule has 0 aromatic heterocycles. The smallest absolute Gasteiger partial charge is 0.310 e. The van der Waals surface area contributed by atoms with Crippen LogP contribution >= 0.6 is 0 Å². The molecular weight excluding hydrogens is 154 g/mol. The van der Waals surface area contributed by atoms with E-state index >= 15 is 0 Å². The third kappa shape index (κ3) is 1.78. The standard InChI is InChI=1S/C9H17NO2/c1-4-12-9(11)8-6(2)5-10-7(8)3/h6-8,10H,4-5H2,1-3H3/t6-,7-,8+/m1/s1. The Morgan fingerprint density at radius 1 is 1.58 bits per heavy atom. The molecule has 3 nitrogen and oxygen atoms in total. The number of nitrogens with one attached hydrogen (secondary N) is 1. The molecule has 0 saturated carbocycles. The molecule has 0 aromatic carbocycles. The molecule has 70 valence electrons. The quantitative estimate of drug-likeness (QED) is 0.624. The zero-order chi connectivity index (χ0) is 9.14. The summed E-state index contributed by atoms with van der Waals surface area (Å²) in [6.07, 6.45) is 0. The van der Waals surface area contributed by atoms with Gasteiger partial charge in [-0.25, -0.2) is 0 Å². The Kier molecular flexibility index (Phi) is 3.09. The molecule has 1 aliphatic rings. The summed E-state index contributed by atoms with van der Waals surface area (Å²) in [5.74, 6) is 0.395. The fourth-order valence-corrected chi connectivity index (χ4v) is 1.79. The van der Waals surface area contributed by atoms with Gasteiger partial charge in [-0.1, -0.05) is 6.92 Å². The monoisotopic (exact) mass is 171 g/mol. The van der Waals surface area contributed by atoms with Crippen LogP contribution in [0.25, 0.3) is 0 Å². The van der Waals surface area contributed by atoms with Gasteiger partial charge in [0, 0.05) is 6.04 Å². The molecule has 12 heavy (non-hydrogen) atoms. The van der Waals surface area contributed by atoms with E-state index in [9.17, 15) is 4.79 Å². The molecule has 1 saturated heterocycles. The molecule has 1 fully saturated rings. The first-order valence-electron chi connectivity index (χ1n) is 4.56. The van der Waals surface area contributed by atoms with Gasteiger partial charge in [0.1, 0.15) is 0 Å². The molecule has 0 bridgehead atoms. The molecule has 0 spiro atoms. The molecule has 0 aliphatic carbocycles. The zero-order valence-corrected chi connectivity index (χ0v) is 7.96. The second-order valence-corrected chi connectivity index (χ2v) is 3.45. The molecule has 1 aliphatic heterocycles. The topological polar surface area (TPSA) is 38.3 Å². The molecule has 1 N–H and O–H groups in total. The van der Waals surface area contributed by atoms with Gasteiger partial charge in [-0.3, -0.25) is 4.79 Å². The summed E-state index contributed by atoms with van der Waals surface area (Å²) < 4.78 is 4.99. The van der Waals surface area contributed by atoms with Crippen LogP contribution < -0.4 is 5.32 Å². The molecule has 3 heteroatoms. The summed E-state index contributed by atoms with van der Waals surface area (Å²) in [4.78, 5) is 11.4. The van der Waals surface area contributed by atoms with Crippen molar-refractivity contribution in [1.82, 2.24) is 5.32 Å². The van der Waals surface area contributed by atoms with Crippen molar-refractivity contribution >= 4 is 5.97 Å². The highest BCUT2D eigenvalue weighted by Crippen LogP contribution is 2.22. The van der Waals surface area contributed by atoms with Crippen LogP contribution in [0.2, 0.25) is 0 Å². The fourth-order valence-electron chi connectivity index (χ4n) is 1.79. The number of hydrogen-bond donors (Lipinski definition) is 1. The predicted octanol–water partition coefficient (Wildman–Crippen LogP) is 0.793. The van der Waals surface area contributed by atoms with Crippen molar-refractivity contribution in [3.63, 3.8) is 0 Å². The average Bonchev–Trinajstić information content (AvgIpc) is 2.32. The Balaban J connectivity index is 2.53. The van der Waals surface area contributed by atoms with Crippen molar-refractivity contribution in [2.45, 2.75) is 26.8 Å². The van der Waals surface area contributed by atoms with E-state index in [-0.39, 0.29) is 17.9 Å². The molecule has 1 rings (SSSR count). The Hall–Kier alpha value is -0.570. The lowest BCUT2D eigenvalue weighted by Crippen LogP contribution is -2.31. The summed E-state index contributed by atoms with van der Waals surface area (Å²) in [6.45, 7) is 7.36. The Bertz CT molecular complexity index is 160. The van der Waals surface area contributed by atoms with Crippen molar-refractivity contribution in [3.05, 3.63) is 0 Å². The Labute approximate surface area is 73.5 Å². The lowest BCUT2D eigenvalue weighted by atomic mass is 9.93. The molecular formula is C9H17NO2. The van der Waals surface area contributed by atoms with E-state index in [0.29, 0.717) is 12.5 Å². The summed E-state index contributed by atoms with van der Waals surface area (Å²) in [5.41, 5.74) is 0. The summed E-state index contributed by atoms with van der Waals surface area (Å²) >= 11 is 0. The molecule has 3 atom stereocenters. The predicted molar refractivity (Wildman–Crippen MR) is 46.8 cm³/mol. The number of ether oxygens (including phenoxy) is 1. The van der Waals surface area contributed by atoms with E-state index in [4.69, 9.17) is 4.74 Å². The van der Waals surface area contributed by atoms with Crippen LogP contribution in [-0.2, 0) is 9.53 Å². The van der Waals surface area contributed by atoms with Gasteiger partial charge in [0.25, 0.3) is 0 Å². The zero-order valence-electron chi connectivity index (χ0n) is 7.96. The van der Waals surface area contributed by atoms with E-state index in [1.165, 1.54) is 0 Å². The maximum atomic E-state index is 11.4. The Morgan fingerprint density at radius 3 is 2.67 bits per heavy atom. The van der Waals surface area contributed by atoms with Crippen LogP contribution in [-0.4, -0.2) is 25.2 Å². The van der Waals surface area contributed by atoms with Gasteiger partial charge in [-0.05, 0) is 26.3 Å².